The topological polar surface area (TPSA) is 121 Å². The van der Waals surface area contributed by atoms with Crippen molar-refractivity contribution < 1.29 is 43.0 Å². The van der Waals surface area contributed by atoms with Gasteiger partial charge in [-0.1, -0.05) is 30.3 Å². The number of carbonyl (C=O) groups excluding carboxylic acids is 4. The Morgan fingerprint density at radius 1 is 1.00 bits per heavy atom. The van der Waals surface area contributed by atoms with Crippen LogP contribution >= 0.6 is 0 Å². The molecule has 0 aromatic heterocycles. The van der Waals surface area contributed by atoms with Crippen LogP contribution in [0.25, 0.3) is 0 Å². The maximum atomic E-state index is 12.7. The molecule has 3 saturated heterocycles. The van der Waals surface area contributed by atoms with Crippen molar-refractivity contribution in [1.29, 1.82) is 0 Å². The Kier molecular flexibility index (Phi) is 6.40. The molecule has 11 heteroatoms. The van der Waals surface area contributed by atoms with Crippen LogP contribution in [0.1, 0.15) is 19.4 Å². The number of esters is 2. The molecule has 0 N–H and O–H groups in total. The molecule has 11 nitrogen and oxygen atoms in total. The highest BCUT2D eigenvalue weighted by Gasteiger charge is 2.60. The van der Waals surface area contributed by atoms with Crippen molar-refractivity contribution in [3.8, 4) is 0 Å². The van der Waals surface area contributed by atoms with Crippen molar-refractivity contribution in [3.05, 3.63) is 35.9 Å². The maximum Gasteiger partial charge on any atom is 0.436 e. The van der Waals surface area contributed by atoms with Gasteiger partial charge in [0.05, 0.1) is 13.7 Å². The van der Waals surface area contributed by atoms with Gasteiger partial charge in [-0.15, -0.1) is 0 Å². The number of rotatable bonds is 4. The summed E-state index contributed by atoms with van der Waals surface area (Å²) in [6.45, 7) is 2.27. The van der Waals surface area contributed by atoms with Gasteiger partial charge in [-0.05, 0) is 5.56 Å². The first-order valence-electron chi connectivity index (χ1n) is 9.17. The van der Waals surface area contributed by atoms with Crippen LogP contribution < -0.4 is 0 Å². The molecule has 162 valence electrons. The fraction of sp³-hybridized carbons (Fsp3) is 0.474. The second-order valence-electron chi connectivity index (χ2n) is 6.69. The van der Waals surface area contributed by atoms with E-state index in [1.165, 1.54) is 14.0 Å². The largest absolute Gasteiger partial charge is 0.455 e. The summed E-state index contributed by atoms with van der Waals surface area (Å²) in [5.41, 5.74) is 0.743. The lowest BCUT2D eigenvalue weighted by atomic mass is 9.96. The lowest BCUT2D eigenvalue weighted by Crippen LogP contribution is -2.76. The Balaban J connectivity index is 1.86. The molecular weight excluding hydrogens is 400 g/mol. The normalized spacial score (nSPS) is 24.8. The third-order valence-electron chi connectivity index (χ3n) is 4.57. The highest BCUT2D eigenvalue weighted by molar-refractivity contribution is 5.73. The van der Waals surface area contributed by atoms with Crippen molar-refractivity contribution in [3.63, 3.8) is 0 Å². The monoisotopic (exact) mass is 422 g/mol. The SMILES string of the molecule is COC(=O)N1C[C@H]2ON(C(=O)OCc3ccccc3)[C@@H]1[C@@H](OC(C)=O)[C@H]2OC(C)=O. The molecule has 2 amide bonds. The summed E-state index contributed by atoms with van der Waals surface area (Å²) in [4.78, 5) is 55.0. The summed E-state index contributed by atoms with van der Waals surface area (Å²) in [6.07, 6.45) is -6.11. The number of hydrogen-bond acceptors (Lipinski definition) is 9. The predicted octanol–water partition coefficient (Wildman–Crippen LogP) is 1.21. The van der Waals surface area contributed by atoms with Gasteiger partial charge in [-0.2, -0.15) is 5.06 Å². The number of ether oxygens (including phenoxy) is 4. The van der Waals surface area contributed by atoms with Crippen molar-refractivity contribution in [2.75, 3.05) is 13.7 Å². The van der Waals surface area contributed by atoms with Crippen molar-refractivity contribution in [2.45, 2.75) is 44.9 Å². The van der Waals surface area contributed by atoms with Crippen LogP contribution in [-0.4, -0.2) is 72.2 Å². The molecule has 3 fully saturated rings. The summed E-state index contributed by atoms with van der Waals surface area (Å²) in [6, 6.07) is 8.96. The van der Waals surface area contributed by atoms with Crippen LogP contribution in [0.2, 0.25) is 0 Å². The zero-order chi connectivity index (χ0) is 21.8. The van der Waals surface area contributed by atoms with Gasteiger partial charge in [0.2, 0.25) is 0 Å². The highest BCUT2D eigenvalue weighted by Crippen LogP contribution is 2.35. The minimum absolute atomic E-state index is 0.0409. The number of carbonyl (C=O) groups is 4. The first-order valence-corrected chi connectivity index (χ1v) is 9.17. The van der Waals surface area contributed by atoms with E-state index in [0.717, 1.165) is 22.5 Å². The van der Waals surface area contributed by atoms with Crippen LogP contribution in [0.3, 0.4) is 0 Å². The molecule has 0 radical (unpaired) electrons. The summed E-state index contributed by atoms with van der Waals surface area (Å²) < 4.78 is 20.6. The van der Waals surface area contributed by atoms with Crippen LogP contribution in [0.5, 0.6) is 0 Å². The minimum atomic E-state index is -1.25. The number of fused-ring (bicyclic) bond motifs is 3. The molecule has 0 saturated carbocycles. The lowest BCUT2D eigenvalue weighted by molar-refractivity contribution is -0.344. The Hall–Kier alpha value is -3.34. The third-order valence-corrected chi connectivity index (χ3v) is 4.57. The molecule has 4 atom stereocenters. The Morgan fingerprint density at radius 2 is 1.63 bits per heavy atom. The summed E-state index contributed by atoms with van der Waals surface area (Å²) in [5.74, 6) is -1.32. The van der Waals surface area contributed by atoms with E-state index in [1.807, 2.05) is 6.07 Å². The number of benzene rings is 1. The highest BCUT2D eigenvalue weighted by atomic mass is 16.8. The van der Waals surface area contributed by atoms with E-state index in [4.69, 9.17) is 23.8 Å². The van der Waals surface area contributed by atoms with Gasteiger partial charge in [0.15, 0.2) is 18.4 Å². The molecule has 3 aliphatic heterocycles. The average molecular weight is 422 g/mol. The number of amides is 2. The van der Waals surface area contributed by atoms with Gasteiger partial charge in [0, 0.05) is 13.8 Å². The molecule has 3 aliphatic rings. The lowest BCUT2D eigenvalue weighted by Gasteiger charge is -2.54. The number of hydroxylamine groups is 2. The molecule has 0 unspecified atom stereocenters. The van der Waals surface area contributed by atoms with Gasteiger partial charge in [0.1, 0.15) is 12.7 Å². The van der Waals surface area contributed by atoms with Crippen LogP contribution in [-0.2, 0) is 40.0 Å². The van der Waals surface area contributed by atoms with Crippen molar-refractivity contribution in [1.82, 2.24) is 9.96 Å². The standard InChI is InChI=1S/C19H22N2O9/c1-11(22)28-15-14-9-20(18(24)26-3)17(16(15)29-12(2)23)21(30-14)19(25)27-10-13-7-5-4-6-8-13/h4-8,14-17H,9-10H2,1-3H3/t14-,15+,16+,17-/m1/s1. The predicted molar refractivity (Wildman–Crippen MR) is 97.3 cm³/mol. The summed E-state index contributed by atoms with van der Waals surface area (Å²) in [5, 5.41) is 0.807. The quantitative estimate of drug-likeness (QED) is 0.521. The second kappa shape index (κ2) is 8.99. The van der Waals surface area contributed by atoms with Gasteiger partial charge in [-0.3, -0.25) is 19.3 Å². The molecule has 3 heterocycles. The Morgan fingerprint density at radius 3 is 2.23 bits per heavy atom. The van der Waals surface area contributed by atoms with Gasteiger partial charge < -0.3 is 18.9 Å². The van der Waals surface area contributed by atoms with Crippen LogP contribution in [0.15, 0.2) is 30.3 Å². The van der Waals surface area contributed by atoms with Crippen LogP contribution in [0, 0.1) is 0 Å². The molecule has 4 rings (SSSR count). The van der Waals surface area contributed by atoms with Gasteiger partial charge in [0.25, 0.3) is 0 Å². The Labute approximate surface area is 172 Å². The third kappa shape index (κ3) is 4.46. The molecule has 2 bridgehead atoms. The smallest absolute Gasteiger partial charge is 0.436 e. The van der Waals surface area contributed by atoms with Crippen LogP contribution in [0.4, 0.5) is 9.59 Å². The van der Waals surface area contributed by atoms with E-state index in [0.29, 0.717) is 0 Å². The summed E-state index contributed by atoms with van der Waals surface area (Å²) >= 11 is 0. The second-order valence-corrected chi connectivity index (χ2v) is 6.69. The van der Waals surface area contributed by atoms with E-state index in [2.05, 4.69) is 0 Å². The number of nitrogens with zero attached hydrogens (tertiary/aromatic N) is 2. The number of methoxy groups -OCH3 is 1. The zero-order valence-electron chi connectivity index (χ0n) is 16.7. The molecule has 0 aliphatic carbocycles. The van der Waals surface area contributed by atoms with Crippen molar-refractivity contribution in [2.24, 2.45) is 0 Å². The first kappa shape index (κ1) is 21.4. The van der Waals surface area contributed by atoms with Gasteiger partial charge in [-0.25, -0.2) is 9.59 Å². The zero-order valence-corrected chi connectivity index (χ0v) is 16.7. The average Bonchev–Trinajstić information content (AvgIpc) is 2.73. The number of piperidine rings is 1. The Bertz CT molecular complexity index is 815. The summed E-state index contributed by atoms with van der Waals surface area (Å²) in [7, 11) is 1.17. The fourth-order valence-corrected chi connectivity index (χ4v) is 3.41. The molecule has 1 aromatic rings. The van der Waals surface area contributed by atoms with E-state index in [9.17, 15) is 19.2 Å². The molecule has 1 aromatic carbocycles. The number of hydrogen-bond donors (Lipinski definition) is 0. The van der Waals surface area contributed by atoms with E-state index in [-0.39, 0.29) is 13.2 Å². The maximum absolute atomic E-state index is 12.7. The van der Waals surface area contributed by atoms with E-state index < -0.39 is 48.6 Å². The fourth-order valence-electron chi connectivity index (χ4n) is 3.41. The minimum Gasteiger partial charge on any atom is -0.455 e. The van der Waals surface area contributed by atoms with Gasteiger partial charge >= 0.3 is 24.1 Å². The first-order chi connectivity index (χ1) is 14.3. The van der Waals surface area contributed by atoms with E-state index in [1.54, 1.807) is 24.3 Å². The molecule has 30 heavy (non-hydrogen) atoms. The van der Waals surface area contributed by atoms with Crippen molar-refractivity contribution >= 4 is 24.1 Å². The van der Waals surface area contributed by atoms with E-state index >= 15 is 0 Å². The molecule has 0 spiro atoms. The molecular formula is C19H22N2O9.